The van der Waals surface area contributed by atoms with E-state index in [4.69, 9.17) is 4.74 Å². The number of amides is 1. The van der Waals surface area contributed by atoms with E-state index < -0.39 is 4.92 Å². The van der Waals surface area contributed by atoms with Crippen molar-refractivity contribution < 1.29 is 14.5 Å². The van der Waals surface area contributed by atoms with Gasteiger partial charge in [0.2, 0.25) is 0 Å². The van der Waals surface area contributed by atoms with Crippen molar-refractivity contribution in [3.05, 3.63) is 105 Å². The second-order valence-electron chi connectivity index (χ2n) is 8.02. The quantitative estimate of drug-likeness (QED) is 0.338. The molecule has 5 rings (SSSR count). The lowest BCUT2D eigenvalue weighted by Gasteiger charge is -2.36. The molecule has 7 heteroatoms. The molecule has 3 aromatic carbocycles. The molecular formula is C26H23N3O4. The number of H-pyrrole nitrogens is 1. The van der Waals surface area contributed by atoms with Crippen LogP contribution in [0.2, 0.25) is 0 Å². The molecule has 166 valence electrons. The zero-order valence-corrected chi connectivity index (χ0v) is 18.2. The molecule has 1 aromatic heterocycles. The van der Waals surface area contributed by atoms with Crippen LogP contribution in [0.15, 0.2) is 72.8 Å². The maximum Gasteiger partial charge on any atom is 0.269 e. The normalized spacial score (nSPS) is 15.3. The summed E-state index contributed by atoms with van der Waals surface area (Å²) >= 11 is 0. The fourth-order valence-electron chi connectivity index (χ4n) is 4.61. The van der Waals surface area contributed by atoms with Crippen molar-refractivity contribution in [2.24, 2.45) is 0 Å². The first-order chi connectivity index (χ1) is 16.1. The monoisotopic (exact) mass is 441 g/mol. The van der Waals surface area contributed by atoms with Gasteiger partial charge in [0.15, 0.2) is 0 Å². The number of aromatic amines is 1. The van der Waals surface area contributed by atoms with Crippen LogP contribution in [0.5, 0.6) is 5.75 Å². The van der Waals surface area contributed by atoms with E-state index in [0.717, 1.165) is 28.9 Å². The Hall–Kier alpha value is -4.13. The fourth-order valence-corrected chi connectivity index (χ4v) is 4.61. The van der Waals surface area contributed by atoms with Gasteiger partial charge in [-0.3, -0.25) is 14.9 Å². The highest BCUT2D eigenvalue weighted by Crippen LogP contribution is 2.39. The van der Waals surface area contributed by atoms with Crippen LogP contribution in [0, 0.1) is 10.1 Å². The molecule has 7 nitrogen and oxygen atoms in total. The van der Waals surface area contributed by atoms with Crippen LogP contribution in [0.25, 0.3) is 10.9 Å². The van der Waals surface area contributed by atoms with E-state index in [1.807, 2.05) is 54.3 Å². The summed E-state index contributed by atoms with van der Waals surface area (Å²) in [5.41, 5.74) is 4.63. The average molecular weight is 441 g/mol. The summed E-state index contributed by atoms with van der Waals surface area (Å²) in [7, 11) is 0. The molecule has 1 aliphatic rings. The zero-order valence-electron chi connectivity index (χ0n) is 18.2. The zero-order chi connectivity index (χ0) is 22.9. The van der Waals surface area contributed by atoms with Crippen molar-refractivity contribution in [2.75, 3.05) is 13.2 Å². The van der Waals surface area contributed by atoms with E-state index in [9.17, 15) is 14.9 Å². The minimum absolute atomic E-state index is 0.0360. The Bertz CT molecular complexity index is 1330. The highest BCUT2D eigenvalue weighted by atomic mass is 16.6. The summed E-state index contributed by atoms with van der Waals surface area (Å²) in [6.07, 6.45) is 0.728. The Kier molecular flexibility index (Phi) is 5.30. The van der Waals surface area contributed by atoms with E-state index in [0.29, 0.717) is 18.7 Å². The van der Waals surface area contributed by atoms with Crippen molar-refractivity contribution >= 4 is 22.5 Å². The second-order valence-corrected chi connectivity index (χ2v) is 8.02. The number of fused-ring (bicyclic) bond motifs is 3. The van der Waals surface area contributed by atoms with Crippen LogP contribution < -0.4 is 4.74 Å². The van der Waals surface area contributed by atoms with Crippen LogP contribution >= 0.6 is 0 Å². The molecule has 1 atom stereocenters. The highest BCUT2D eigenvalue weighted by molar-refractivity contribution is 5.96. The summed E-state index contributed by atoms with van der Waals surface area (Å²) < 4.78 is 5.60. The van der Waals surface area contributed by atoms with Crippen LogP contribution in [0.1, 0.15) is 40.1 Å². The van der Waals surface area contributed by atoms with Gasteiger partial charge in [-0.1, -0.05) is 30.3 Å². The molecule has 0 saturated carbocycles. The molecule has 0 bridgehead atoms. The Morgan fingerprint density at radius 3 is 2.52 bits per heavy atom. The SMILES string of the molecule is CCOc1ccc(C2c3[nH]c4ccccc4c3CCN2C(=O)c2ccc([N+](=O)[O-])cc2)cc1. The smallest absolute Gasteiger partial charge is 0.269 e. The van der Waals surface area contributed by atoms with E-state index in [-0.39, 0.29) is 17.6 Å². The molecule has 33 heavy (non-hydrogen) atoms. The van der Waals surface area contributed by atoms with Crippen LogP contribution in [0.3, 0.4) is 0 Å². The Labute approximate surface area is 190 Å². The first-order valence-electron chi connectivity index (χ1n) is 10.9. The molecule has 0 saturated heterocycles. The summed E-state index contributed by atoms with van der Waals surface area (Å²) in [5, 5.41) is 12.2. The minimum atomic E-state index is -0.464. The number of aromatic nitrogens is 1. The second kappa shape index (κ2) is 8.43. The maximum atomic E-state index is 13.6. The van der Waals surface area contributed by atoms with Gasteiger partial charge in [-0.2, -0.15) is 0 Å². The summed E-state index contributed by atoms with van der Waals surface area (Å²) in [4.78, 5) is 29.5. The first kappa shape index (κ1) is 20.8. The first-order valence-corrected chi connectivity index (χ1v) is 10.9. The number of carbonyl (C=O) groups excluding carboxylic acids is 1. The number of para-hydroxylation sites is 1. The van der Waals surface area contributed by atoms with Crippen LogP contribution in [0.4, 0.5) is 5.69 Å². The van der Waals surface area contributed by atoms with Gasteiger partial charge in [0.25, 0.3) is 11.6 Å². The number of non-ortho nitro benzene ring substituents is 1. The predicted molar refractivity (Wildman–Crippen MR) is 126 cm³/mol. The molecule has 1 aliphatic heterocycles. The number of carbonyl (C=O) groups is 1. The van der Waals surface area contributed by atoms with Crippen molar-refractivity contribution in [1.29, 1.82) is 0 Å². The maximum absolute atomic E-state index is 13.6. The predicted octanol–water partition coefficient (Wildman–Crippen LogP) is 5.26. The van der Waals surface area contributed by atoms with Gasteiger partial charge in [-0.25, -0.2) is 0 Å². The number of nitro groups is 1. The molecular weight excluding hydrogens is 418 g/mol. The van der Waals surface area contributed by atoms with Crippen LogP contribution in [-0.4, -0.2) is 33.9 Å². The van der Waals surface area contributed by atoms with Gasteiger partial charge in [0.1, 0.15) is 5.75 Å². The number of hydrogen-bond donors (Lipinski definition) is 1. The van der Waals surface area contributed by atoms with Gasteiger partial charge in [0, 0.05) is 40.8 Å². The van der Waals surface area contributed by atoms with E-state index >= 15 is 0 Å². The minimum Gasteiger partial charge on any atom is -0.494 e. The van der Waals surface area contributed by atoms with Crippen molar-refractivity contribution in [1.82, 2.24) is 9.88 Å². The van der Waals surface area contributed by atoms with E-state index in [1.165, 1.54) is 35.2 Å². The number of rotatable bonds is 5. The molecule has 0 fully saturated rings. The lowest BCUT2D eigenvalue weighted by Crippen LogP contribution is -2.40. The molecule has 0 aliphatic carbocycles. The number of hydrogen-bond acceptors (Lipinski definition) is 4. The lowest BCUT2D eigenvalue weighted by atomic mass is 9.91. The van der Waals surface area contributed by atoms with Gasteiger partial charge in [-0.05, 0) is 54.8 Å². The molecule has 0 radical (unpaired) electrons. The summed E-state index contributed by atoms with van der Waals surface area (Å²) in [6.45, 7) is 3.07. The molecule has 1 N–H and O–H groups in total. The molecule has 2 heterocycles. The summed E-state index contributed by atoms with van der Waals surface area (Å²) in [6, 6.07) is 21.5. The third kappa shape index (κ3) is 3.71. The van der Waals surface area contributed by atoms with Gasteiger partial charge in [-0.15, -0.1) is 0 Å². The molecule has 1 amide bonds. The Morgan fingerprint density at radius 2 is 1.82 bits per heavy atom. The third-order valence-electron chi connectivity index (χ3n) is 6.13. The van der Waals surface area contributed by atoms with Crippen molar-refractivity contribution in [2.45, 2.75) is 19.4 Å². The Balaban J connectivity index is 1.59. The van der Waals surface area contributed by atoms with Crippen LogP contribution in [-0.2, 0) is 6.42 Å². The molecule has 0 spiro atoms. The molecule has 4 aromatic rings. The average Bonchev–Trinajstić information content (AvgIpc) is 3.22. The largest absolute Gasteiger partial charge is 0.494 e. The number of nitrogens with one attached hydrogen (secondary N) is 1. The number of benzene rings is 3. The molecule has 1 unspecified atom stereocenters. The summed E-state index contributed by atoms with van der Waals surface area (Å²) in [5.74, 6) is 0.621. The van der Waals surface area contributed by atoms with E-state index in [2.05, 4.69) is 11.1 Å². The Morgan fingerprint density at radius 1 is 1.09 bits per heavy atom. The number of nitrogens with zero attached hydrogens (tertiary/aromatic N) is 2. The fraction of sp³-hybridized carbons (Fsp3) is 0.192. The highest BCUT2D eigenvalue weighted by Gasteiger charge is 2.35. The van der Waals surface area contributed by atoms with E-state index in [1.54, 1.807) is 0 Å². The standard InChI is InChI=1S/C26H23N3O4/c1-2-33-20-13-9-17(10-14-20)25-24-22(21-5-3-4-6-23(21)27-24)15-16-28(25)26(30)18-7-11-19(12-8-18)29(31)32/h3-14,25,27H,2,15-16H2,1H3. The third-order valence-corrected chi connectivity index (χ3v) is 6.13. The number of ether oxygens (including phenoxy) is 1. The lowest BCUT2D eigenvalue weighted by molar-refractivity contribution is -0.384. The van der Waals surface area contributed by atoms with Crippen molar-refractivity contribution in [3.8, 4) is 5.75 Å². The van der Waals surface area contributed by atoms with Gasteiger partial charge < -0.3 is 14.6 Å². The van der Waals surface area contributed by atoms with Crippen molar-refractivity contribution in [3.63, 3.8) is 0 Å². The van der Waals surface area contributed by atoms with Gasteiger partial charge in [0.05, 0.1) is 17.6 Å². The number of nitro benzene ring substituents is 1. The van der Waals surface area contributed by atoms with Gasteiger partial charge >= 0.3 is 0 Å². The topological polar surface area (TPSA) is 88.5 Å².